The van der Waals surface area contributed by atoms with Gasteiger partial charge in [-0.15, -0.1) is 0 Å². The fraction of sp³-hybridized carbons (Fsp3) is 0.765. The molecule has 1 unspecified atom stereocenters. The Kier molecular flexibility index (Phi) is 6.89. The maximum atomic E-state index is 5.35. The average molecular weight is 321 g/mol. The van der Waals surface area contributed by atoms with Crippen LogP contribution in [0.2, 0.25) is 0 Å². The number of likely N-dealkylation sites (N-methyl/N-ethyl adjacent to an activating group) is 1. The second-order valence-electron chi connectivity index (χ2n) is 6.37. The van der Waals surface area contributed by atoms with Crippen molar-refractivity contribution >= 4 is 5.96 Å². The molecule has 0 spiro atoms. The Labute approximate surface area is 139 Å². The fourth-order valence-corrected chi connectivity index (χ4v) is 2.93. The smallest absolute Gasteiger partial charge is 0.191 e. The van der Waals surface area contributed by atoms with Gasteiger partial charge >= 0.3 is 0 Å². The maximum absolute atomic E-state index is 5.35. The number of rotatable bonds is 7. The molecule has 1 atom stereocenters. The lowest BCUT2D eigenvalue weighted by atomic mass is 10.1. The molecule has 6 heteroatoms. The monoisotopic (exact) mass is 321 g/mol. The second-order valence-corrected chi connectivity index (χ2v) is 6.37. The standard InChI is InChI=1S/C17H31N5O/c1-5-18-17(19-11-14-8-7-9-22(14)6-2)20-12-15-10-16(13(3)4)21-23-15/h10,13-14H,5-9,11-12H2,1-4H3,(H2,18,19,20). The summed E-state index contributed by atoms with van der Waals surface area (Å²) in [6, 6.07) is 2.61. The van der Waals surface area contributed by atoms with Gasteiger partial charge in [0.25, 0.3) is 0 Å². The molecule has 6 nitrogen and oxygen atoms in total. The molecular weight excluding hydrogens is 290 g/mol. The van der Waals surface area contributed by atoms with E-state index in [2.05, 4.69) is 53.4 Å². The van der Waals surface area contributed by atoms with Crippen molar-refractivity contribution in [1.82, 2.24) is 20.7 Å². The van der Waals surface area contributed by atoms with Gasteiger partial charge in [0.2, 0.25) is 0 Å². The number of guanidine groups is 1. The van der Waals surface area contributed by atoms with Crippen LogP contribution >= 0.6 is 0 Å². The summed E-state index contributed by atoms with van der Waals surface area (Å²) >= 11 is 0. The minimum Gasteiger partial charge on any atom is -0.359 e. The summed E-state index contributed by atoms with van der Waals surface area (Å²) in [6.45, 7) is 13.2. The summed E-state index contributed by atoms with van der Waals surface area (Å²) in [7, 11) is 0. The van der Waals surface area contributed by atoms with E-state index in [-0.39, 0.29) is 0 Å². The van der Waals surface area contributed by atoms with Gasteiger partial charge in [-0.3, -0.25) is 4.90 Å². The summed E-state index contributed by atoms with van der Waals surface area (Å²) in [5, 5.41) is 10.8. The van der Waals surface area contributed by atoms with Crippen LogP contribution in [0.15, 0.2) is 15.6 Å². The third-order valence-corrected chi connectivity index (χ3v) is 4.32. The summed E-state index contributed by atoms with van der Waals surface area (Å²) in [4.78, 5) is 7.14. The van der Waals surface area contributed by atoms with Crippen molar-refractivity contribution in [3.8, 4) is 0 Å². The molecule has 2 heterocycles. The van der Waals surface area contributed by atoms with E-state index in [1.54, 1.807) is 0 Å². The predicted octanol–water partition coefficient (Wildman–Crippen LogP) is 2.34. The average Bonchev–Trinajstić information content (AvgIpc) is 3.18. The first-order chi connectivity index (χ1) is 11.1. The van der Waals surface area contributed by atoms with Crippen LogP contribution in [0.25, 0.3) is 0 Å². The van der Waals surface area contributed by atoms with Gasteiger partial charge in [0.1, 0.15) is 6.54 Å². The zero-order valence-electron chi connectivity index (χ0n) is 14.9. The van der Waals surface area contributed by atoms with Crippen molar-refractivity contribution in [2.24, 2.45) is 4.99 Å². The highest BCUT2D eigenvalue weighted by Gasteiger charge is 2.22. The number of hydrogen-bond acceptors (Lipinski definition) is 4. The molecular formula is C17H31N5O. The van der Waals surface area contributed by atoms with Crippen LogP contribution in [0, 0.1) is 0 Å². The molecule has 0 amide bonds. The first-order valence-electron chi connectivity index (χ1n) is 8.85. The fourth-order valence-electron chi connectivity index (χ4n) is 2.93. The first kappa shape index (κ1) is 17.8. The number of hydrogen-bond donors (Lipinski definition) is 2. The lowest BCUT2D eigenvalue weighted by Gasteiger charge is -2.23. The topological polar surface area (TPSA) is 65.7 Å². The molecule has 1 fully saturated rings. The Hall–Kier alpha value is -1.56. The van der Waals surface area contributed by atoms with Crippen molar-refractivity contribution in [2.75, 3.05) is 26.2 Å². The lowest BCUT2D eigenvalue weighted by Crippen LogP contribution is -2.44. The van der Waals surface area contributed by atoms with E-state index in [0.717, 1.165) is 37.0 Å². The summed E-state index contributed by atoms with van der Waals surface area (Å²) in [5.74, 6) is 2.03. The Balaban J connectivity index is 1.88. The van der Waals surface area contributed by atoms with Crippen LogP contribution in [0.4, 0.5) is 0 Å². The molecule has 0 aliphatic carbocycles. The number of aliphatic imine (C=N–C) groups is 1. The van der Waals surface area contributed by atoms with E-state index < -0.39 is 0 Å². The van der Waals surface area contributed by atoms with Crippen molar-refractivity contribution in [2.45, 2.75) is 59.0 Å². The minimum atomic E-state index is 0.380. The van der Waals surface area contributed by atoms with E-state index in [0.29, 0.717) is 18.5 Å². The van der Waals surface area contributed by atoms with Gasteiger partial charge < -0.3 is 15.2 Å². The van der Waals surface area contributed by atoms with Gasteiger partial charge in [0.15, 0.2) is 11.7 Å². The van der Waals surface area contributed by atoms with Crippen molar-refractivity contribution in [3.05, 3.63) is 17.5 Å². The third kappa shape index (κ3) is 5.23. The normalized spacial score (nSPS) is 19.5. The quantitative estimate of drug-likeness (QED) is 0.596. The Morgan fingerprint density at radius 2 is 2.26 bits per heavy atom. The summed E-state index contributed by atoms with van der Waals surface area (Å²) in [5.41, 5.74) is 0.984. The van der Waals surface area contributed by atoms with Gasteiger partial charge in [-0.2, -0.15) is 0 Å². The van der Waals surface area contributed by atoms with Gasteiger partial charge in [-0.05, 0) is 38.8 Å². The molecule has 1 aromatic heterocycles. The largest absolute Gasteiger partial charge is 0.359 e. The second kappa shape index (κ2) is 8.91. The molecule has 1 aliphatic heterocycles. The van der Waals surface area contributed by atoms with Gasteiger partial charge in [0.05, 0.1) is 5.69 Å². The Morgan fingerprint density at radius 1 is 1.43 bits per heavy atom. The van der Waals surface area contributed by atoms with E-state index >= 15 is 0 Å². The highest BCUT2D eigenvalue weighted by molar-refractivity contribution is 5.79. The van der Waals surface area contributed by atoms with Crippen LogP contribution in [-0.4, -0.2) is 48.2 Å². The molecule has 0 radical (unpaired) electrons. The van der Waals surface area contributed by atoms with E-state index in [4.69, 9.17) is 4.52 Å². The molecule has 2 N–H and O–H groups in total. The molecule has 1 aliphatic rings. The van der Waals surface area contributed by atoms with Crippen LogP contribution in [-0.2, 0) is 6.54 Å². The number of likely N-dealkylation sites (tertiary alicyclic amines) is 1. The highest BCUT2D eigenvalue weighted by atomic mass is 16.5. The van der Waals surface area contributed by atoms with E-state index in [1.165, 1.54) is 19.4 Å². The molecule has 1 saturated heterocycles. The third-order valence-electron chi connectivity index (χ3n) is 4.32. The van der Waals surface area contributed by atoms with Gasteiger partial charge in [-0.1, -0.05) is 25.9 Å². The van der Waals surface area contributed by atoms with E-state index in [1.807, 2.05) is 6.07 Å². The molecule has 0 saturated carbocycles. The minimum absolute atomic E-state index is 0.380. The number of aromatic nitrogens is 1. The summed E-state index contributed by atoms with van der Waals surface area (Å²) in [6.07, 6.45) is 2.56. The van der Waals surface area contributed by atoms with Gasteiger partial charge in [-0.25, -0.2) is 4.99 Å². The van der Waals surface area contributed by atoms with E-state index in [9.17, 15) is 0 Å². The van der Waals surface area contributed by atoms with Crippen LogP contribution in [0.5, 0.6) is 0 Å². The molecule has 0 bridgehead atoms. The predicted molar refractivity (Wildman–Crippen MR) is 93.7 cm³/mol. The maximum Gasteiger partial charge on any atom is 0.191 e. The zero-order chi connectivity index (χ0) is 16.7. The SMILES string of the molecule is CCNC(=NCc1cc(C(C)C)no1)NCC1CCCN1CC. The van der Waals surface area contributed by atoms with Crippen molar-refractivity contribution in [1.29, 1.82) is 0 Å². The van der Waals surface area contributed by atoms with Crippen LogP contribution < -0.4 is 10.6 Å². The molecule has 1 aromatic rings. The Morgan fingerprint density at radius 3 is 2.91 bits per heavy atom. The molecule has 0 aromatic carbocycles. The number of nitrogens with one attached hydrogen (secondary N) is 2. The van der Waals surface area contributed by atoms with Crippen molar-refractivity contribution in [3.63, 3.8) is 0 Å². The zero-order valence-corrected chi connectivity index (χ0v) is 14.9. The first-order valence-corrected chi connectivity index (χ1v) is 8.85. The lowest BCUT2D eigenvalue weighted by molar-refractivity contribution is 0.267. The van der Waals surface area contributed by atoms with Crippen molar-refractivity contribution < 1.29 is 4.52 Å². The molecule has 23 heavy (non-hydrogen) atoms. The number of nitrogens with zero attached hydrogens (tertiary/aromatic N) is 3. The summed E-state index contributed by atoms with van der Waals surface area (Å²) < 4.78 is 5.35. The highest BCUT2D eigenvalue weighted by Crippen LogP contribution is 2.16. The Bertz CT molecular complexity index is 497. The van der Waals surface area contributed by atoms with Crippen LogP contribution in [0.3, 0.4) is 0 Å². The molecule has 2 rings (SSSR count). The van der Waals surface area contributed by atoms with Gasteiger partial charge in [0, 0.05) is 25.2 Å². The van der Waals surface area contributed by atoms with Crippen LogP contribution in [0.1, 0.15) is 57.9 Å². The molecule has 130 valence electrons.